The van der Waals surface area contributed by atoms with Crippen molar-refractivity contribution < 1.29 is 4.74 Å². The number of hydrogen-bond donors (Lipinski definition) is 0. The minimum absolute atomic E-state index is 0.427. The number of anilines is 1. The van der Waals surface area contributed by atoms with E-state index in [1.54, 1.807) is 7.11 Å². The molecular weight excluding hydrogens is 248 g/mol. The molecule has 4 heteroatoms. The van der Waals surface area contributed by atoms with Crippen LogP contribution in [0.25, 0.3) is 10.8 Å². The predicted molar refractivity (Wildman–Crippen MR) is 76.4 cm³/mol. The molecule has 0 saturated heterocycles. The lowest BCUT2D eigenvalue weighted by atomic mass is 10.1. The molecule has 1 heterocycles. The lowest BCUT2D eigenvalue weighted by molar-refractivity contribution is 0.206. The molecule has 0 radical (unpaired) electrons. The van der Waals surface area contributed by atoms with E-state index >= 15 is 0 Å². The van der Waals surface area contributed by atoms with Crippen molar-refractivity contribution in [3.05, 3.63) is 36.0 Å². The monoisotopic (exact) mass is 264 g/mol. The van der Waals surface area contributed by atoms with Gasteiger partial charge in [-0.2, -0.15) is 0 Å². The lowest BCUT2D eigenvalue weighted by Gasteiger charge is -2.20. The van der Waals surface area contributed by atoms with Gasteiger partial charge in [-0.25, -0.2) is 4.98 Å². The zero-order valence-electron chi connectivity index (χ0n) is 10.7. The molecule has 0 spiro atoms. The van der Waals surface area contributed by atoms with Crippen LogP contribution < -0.4 is 4.90 Å². The normalized spacial score (nSPS) is 10.8. The van der Waals surface area contributed by atoms with Gasteiger partial charge in [-0.05, 0) is 11.5 Å². The molecule has 0 saturated carbocycles. The summed E-state index contributed by atoms with van der Waals surface area (Å²) in [6.45, 7) is 1.48. The van der Waals surface area contributed by atoms with Crippen LogP contribution in [0, 0.1) is 0 Å². The van der Waals surface area contributed by atoms with Crippen LogP contribution in [0.2, 0.25) is 0 Å². The molecule has 0 bridgehead atoms. The van der Waals surface area contributed by atoms with E-state index in [9.17, 15) is 0 Å². The van der Waals surface area contributed by atoms with Crippen LogP contribution >= 0.6 is 11.6 Å². The van der Waals surface area contributed by atoms with Crippen molar-refractivity contribution in [3.8, 4) is 0 Å². The first kappa shape index (κ1) is 13.1. The van der Waals surface area contributed by atoms with Crippen molar-refractivity contribution in [3.63, 3.8) is 0 Å². The van der Waals surface area contributed by atoms with Crippen molar-refractivity contribution in [2.45, 2.75) is 5.88 Å². The number of alkyl halides is 1. The van der Waals surface area contributed by atoms with Crippen LogP contribution in [0.5, 0.6) is 0 Å². The SMILES string of the molecule is COCCN(C)c1nc(CCl)cc2ccccc12. The Kier molecular flexibility index (Phi) is 4.39. The average Bonchev–Trinajstić information content (AvgIpc) is 2.43. The highest BCUT2D eigenvalue weighted by Crippen LogP contribution is 2.25. The second-order valence-electron chi connectivity index (χ2n) is 4.21. The number of aromatic nitrogens is 1. The third-order valence-corrected chi connectivity index (χ3v) is 3.18. The van der Waals surface area contributed by atoms with Crippen molar-refractivity contribution in [1.29, 1.82) is 0 Å². The summed E-state index contributed by atoms with van der Waals surface area (Å²) < 4.78 is 5.11. The third kappa shape index (κ3) is 2.74. The highest BCUT2D eigenvalue weighted by atomic mass is 35.5. The van der Waals surface area contributed by atoms with Gasteiger partial charge in [0.2, 0.25) is 0 Å². The Morgan fingerprint density at radius 2 is 2.11 bits per heavy atom. The van der Waals surface area contributed by atoms with E-state index in [4.69, 9.17) is 16.3 Å². The number of methoxy groups -OCH3 is 1. The summed E-state index contributed by atoms with van der Waals surface area (Å²) >= 11 is 5.90. The summed E-state index contributed by atoms with van der Waals surface area (Å²) in [5, 5.41) is 2.31. The van der Waals surface area contributed by atoms with Gasteiger partial charge in [0.25, 0.3) is 0 Å². The number of halogens is 1. The summed E-state index contributed by atoms with van der Waals surface area (Å²) in [5.41, 5.74) is 0.898. The smallest absolute Gasteiger partial charge is 0.136 e. The molecule has 1 aromatic heterocycles. The second-order valence-corrected chi connectivity index (χ2v) is 4.47. The molecule has 1 aromatic carbocycles. The molecule has 2 rings (SSSR count). The van der Waals surface area contributed by atoms with E-state index in [2.05, 4.69) is 22.0 Å². The first-order valence-electron chi connectivity index (χ1n) is 5.91. The van der Waals surface area contributed by atoms with E-state index in [0.29, 0.717) is 12.5 Å². The Morgan fingerprint density at radius 3 is 2.83 bits per heavy atom. The van der Waals surface area contributed by atoms with Crippen molar-refractivity contribution in [2.24, 2.45) is 0 Å². The van der Waals surface area contributed by atoms with Crippen LogP contribution in [0.15, 0.2) is 30.3 Å². The van der Waals surface area contributed by atoms with Crippen LogP contribution in [0.1, 0.15) is 5.69 Å². The topological polar surface area (TPSA) is 25.4 Å². The molecule has 0 aliphatic carbocycles. The zero-order valence-corrected chi connectivity index (χ0v) is 11.4. The molecule has 18 heavy (non-hydrogen) atoms. The second kappa shape index (κ2) is 6.03. The van der Waals surface area contributed by atoms with E-state index < -0.39 is 0 Å². The van der Waals surface area contributed by atoms with E-state index in [0.717, 1.165) is 23.4 Å². The molecule has 0 atom stereocenters. The van der Waals surface area contributed by atoms with Gasteiger partial charge in [0.15, 0.2) is 0 Å². The van der Waals surface area contributed by atoms with Crippen molar-refractivity contribution in [1.82, 2.24) is 4.98 Å². The lowest BCUT2D eigenvalue weighted by Crippen LogP contribution is -2.23. The third-order valence-electron chi connectivity index (χ3n) is 2.90. The molecule has 3 nitrogen and oxygen atoms in total. The molecule has 0 unspecified atom stereocenters. The van der Waals surface area contributed by atoms with Crippen molar-refractivity contribution in [2.75, 3.05) is 32.2 Å². The number of pyridine rings is 1. The van der Waals surface area contributed by atoms with Gasteiger partial charge in [0.1, 0.15) is 5.82 Å². The molecule has 0 N–H and O–H groups in total. The number of rotatable bonds is 5. The Bertz CT molecular complexity index is 530. The first-order chi connectivity index (χ1) is 8.76. The Labute approximate surface area is 112 Å². The molecule has 0 fully saturated rings. The highest BCUT2D eigenvalue weighted by molar-refractivity contribution is 6.17. The standard InChI is InChI=1S/C14H17ClN2O/c1-17(7-8-18-2)14-13-6-4-3-5-11(13)9-12(10-15)16-14/h3-6,9H,7-8,10H2,1-2H3. The predicted octanol–water partition coefficient (Wildman–Crippen LogP) is 3.06. The number of fused-ring (bicyclic) bond motifs is 1. The maximum atomic E-state index is 5.90. The summed E-state index contributed by atoms with van der Waals surface area (Å²) in [5.74, 6) is 1.39. The molecule has 2 aromatic rings. The van der Waals surface area contributed by atoms with Gasteiger partial charge in [0.05, 0.1) is 18.2 Å². The Hall–Kier alpha value is -1.32. The number of hydrogen-bond acceptors (Lipinski definition) is 3. The largest absolute Gasteiger partial charge is 0.383 e. The fourth-order valence-electron chi connectivity index (χ4n) is 1.93. The van der Waals surface area contributed by atoms with Crippen LogP contribution in [0.4, 0.5) is 5.82 Å². The summed E-state index contributed by atoms with van der Waals surface area (Å²) in [6.07, 6.45) is 0. The molecule has 96 valence electrons. The van der Waals surface area contributed by atoms with Gasteiger partial charge < -0.3 is 9.64 Å². The highest BCUT2D eigenvalue weighted by Gasteiger charge is 2.09. The minimum atomic E-state index is 0.427. The van der Waals surface area contributed by atoms with Gasteiger partial charge in [-0.15, -0.1) is 11.6 Å². The van der Waals surface area contributed by atoms with Gasteiger partial charge in [-0.3, -0.25) is 0 Å². The van der Waals surface area contributed by atoms with Gasteiger partial charge in [-0.1, -0.05) is 24.3 Å². The van der Waals surface area contributed by atoms with Crippen molar-refractivity contribution >= 4 is 28.2 Å². The minimum Gasteiger partial charge on any atom is -0.383 e. The number of nitrogens with zero attached hydrogens (tertiary/aromatic N) is 2. The number of likely N-dealkylation sites (N-methyl/N-ethyl adjacent to an activating group) is 1. The number of benzene rings is 1. The molecular formula is C14H17ClN2O. The average molecular weight is 265 g/mol. The summed E-state index contributed by atoms with van der Waals surface area (Å²) in [4.78, 5) is 6.71. The maximum Gasteiger partial charge on any atom is 0.136 e. The van der Waals surface area contributed by atoms with Gasteiger partial charge in [0, 0.05) is 26.1 Å². The van der Waals surface area contributed by atoms with E-state index in [1.165, 1.54) is 5.39 Å². The number of ether oxygens (including phenoxy) is 1. The van der Waals surface area contributed by atoms with E-state index in [-0.39, 0.29) is 0 Å². The fraction of sp³-hybridized carbons (Fsp3) is 0.357. The molecule has 0 aliphatic heterocycles. The van der Waals surface area contributed by atoms with Gasteiger partial charge >= 0.3 is 0 Å². The molecule has 0 amide bonds. The molecule has 0 aliphatic rings. The first-order valence-corrected chi connectivity index (χ1v) is 6.44. The maximum absolute atomic E-state index is 5.90. The van der Waals surface area contributed by atoms with Crippen LogP contribution in [-0.4, -0.2) is 32.3 Å². The van der Waals surface area contributed by atoms with Crippen LogP contribution in [-0.2, 0) is 10.6 Å². The summed E-state index contributed by atoms with van der Waals surface area (Å²) in [7, 11) is 3.72. The quantitative estimate of drug-likeness (QED) is 0.776. The fourth-order valence-corrected chi connectivity index (χ4v) is 2.07. The Balaban J connectivity index is 2.46. The van der Waals surface area contributed by atoms with Crippen LogP contribution in [0.3, 0.4) is 0 Å². The zero-order chi connectivity index (χ0) is 13.0. The van der Waals surface area contributed by atoms with E-state index in [1.807, 2.05) is 25.2 Å². The Morgan fingerprint density at radius 1 is 1.33 bits per heavy atom. The summed E-state index contributed by atoms with van der Waals surface area (Å²) in [6, 6.07) is 10.3.